The van der Waals surface area contributed by atoms with Gasteiger partial charge in [0.2, 0.25) is 5.91 Å². The molecule has 3 N–H and O–H groups in total. The molecule has 5 aromatic carbocycles. The maximum absolute atomic E-state index is 14.9. The van der Waals surface area contributed by atoms with Gasteiger partial charge in [-0.2, -0.15) is 5.26 Å². The third-order valence-corrected chi connectivity index (χ3v) is 9.10. The van der Waals surface area contributed by atoms with Crippen LogP contribution in [-0.4, -0.2) is 54.8 Å². The third kappa shape index (κ3) is 8.04. The highest BCUT2D eigenvalue weighted by molar-refractivity contribution is 6.15. The standard InChI is InChI=1S/C42H39N5O3/c43-26-30-13-12-20-34(25-30)39(41(49)45-28-38(31-14-4-1-5-15-31)32-16-6-2-7-17-32)47(24-23-35-27-44-29-46-35)42(50)37-22-11-10-21-36(37)40(48)33-18-8-3-9-19-33/h1-22,25,35,38-39,44,46H,23-24,27-29H2,(H,45,49). The number of carbonyl (C=O) groups is 3. The molecule has 0 radical (unpaired) electrons. The molecule has 1 heterocycles. The molecule has 50 heavy (non-hydrogen) atoms. The fourth-order valence-electron chi connectivity index (χ4n) is 6.50. The van der Waals surface area contributed by atoms with Gasteiger partial charge < -0.3 is 20.9 Å². The number of hydrogen-bond acceptors (Lipinski definition) is 6. The fourth-order valence-corrected chi connectivity index (χ4v) is 6.50. The smallest absolute Gasteiger partial charge is 0.255 e. The van der Waals surface area contributed by atoms with E-state index in [1.807, 2.05) is 66.7 Å². The van der Waals surface area contributed by atoms with E-state index in [2.05, 4.69) is 22.0 Å². The molecule has 250 valence electrons. The van der Waals surface area contributed by atoms with Crippen LogP contribution in [0.2, 0.25) is 0 Å². The molecule has 2 atom stereocenters. The largest absolute Gasteiger partial charge is 0.353 e. The lowest BCUT2D eigenvalue weighted by Crippen LogP contribution is -2.46. The van der Waals surface area contributed by atoms with E-state index >= 15 is 0 Å². The topological polar surface area (TPSA) is 114 Å². The highest BCUT2D eigenvalue weighted by Gasteiger charge is 2.35. The Kier molecular flexibility index (Phi) is 11.2. The maximum Gasteiger partial charge on any atom is 0.255 e. The number of hydrogen-bond donors (Lipinski definition) is 3. The minimum Gasteiger partial charge on any atom is -0.353 e. The lowest BCUT2D eigenvalue weighted by atomic mass is 9.91. The fraction of sp³-hybridized carbons (Fsp3) is 0.190. The van der Waals surface area contributed by atoms with Crippen LogP contribution >= 0.6 is 0 Å². The zero-order chi connectivity index (χ0) is 34.7. The first-order valence-corrected chi connectivity index (χ1v) is 16.8. The summed E-state index contributed by atoms with van der Waals surface area (Å²) in [4.78, 5) is 44.8. The monoisotopic (exact) mass is 661 g/mol. The predicted molar refractivity (Wildman–Crippen MR) is 193 cm³/mol. The normalized spacial score (nSPS) is 14.4. The molecule has 2 amide bonds. The number of carbonyl (C=O) groups excluding carboxylic acids is 3. The summed E-state index contributed by atoms with van der Waals surface area (Å²) in [5.41, 5.74) is 3.90. The molecule has 0 aliphatic carbocycles. The SMILES string of the molecule is N#Cc1cccc(C(C(=O)NCC(c2ccccc2)c2ccccc2)N(CCC2CNCN2)C(=O)c2ccccc2C(=O)c2ccccc2)c1. The Bertz CT molecular complexity index is 1910. The van der Waals surface area contributed by atoms with Crippen molar-refractivity contribution in [3.05, 3.63) is 178 Å². The van der Waals surface area contributed by atoms with Crippen LogP contribution < -0.4 is 16.0 Å². The number of ketones is 1. The van der Waals surface area contributed by atoms with Crippen molar-refractivity contribution >= 4 is 17.6 Å². The Hall–Kier alpha value is -5.88. The molecule has 1 fully saturated rings. The summed E-state index contributed by atoms with van der Waals surface area (Å²) in [7, 11) is 0. The third-order valence-electron chi connectivity index (χ3n) is 9.10. The summed E-state index contributed by atoms with van der Waals surface area (Å²) in [6, 6.07) is 43.6. The molecule has 8 heteroatoms. The summed E-state index contributed by atoms with van der Waals surface area (Å²) < 4.78 is 0. The lowest BCUT2D eigenvalue weighted by molar-refractivity contribution is -0.126. The summed E-state index contributed by atoms with van der Waals surface area (Å²) in [5, 5.41) is 19.7. The Labute approximate surface area is 292 Å². The van der Waals surface area contributed by atoms with Crippen molar-refractivity contribution in [2.45, 2.75) is 24.4 Å². The Balaban J connectivity index is 1.39. The molecule has 0 bridgehead atoms. The van der Waals surface area contributed by atoms with Crippen molar-refractivity contribution in [2.75, 3.05) is 26.3 Å². The average molecular weight is 662 g/mol. The quantitative estimate of drug-likeness (QED) is 0.137. The molecule has 0 spiro atoms. The minimum atomic E-state index is -1.09. The molecule has 1 saturated heterocycles. The van der Waals surface area contributed by atoms with Crippen molar-refractivity contribution in [2.24, 2.45) is 0 Å². The molecule has 6 rings (SSSR count). The van der Waals surface area contributed by atoms with Crippen LogP contribution in [0.4, 0.5) is 0 Å². The van der Waals surface area contributed by atoms with Gasteiger partial charge in [-0.25, -0.2) is 0 Å². The van der Waals surface area contributed by atoms with E-state index in [9.17, 15) is 19.6 Å². The molecule has 0 saturated carbocycles. The number of nitriles is 1. The van der Waals surface area contributed by atoms with Gasteiger partial charge in [0.05, 0.1) is 17.2 Å². The highest BCUT2D eigenvalue weighted by atomic mass is 16.2. The first-order chi connectivity index (χ1) is 24.5. The van der Waals surface area contributed by atoms with Crippen molar-refractivity contribution < 1.29 is 14.4 Å². The highest BCUT2D eigenvalue weighted by Crippen LogP contribution is 2.29. The van der Waals surface area contributed by atoms with Crippen molar-refractivity contribution in [3.8, 4) is 6.07 Å². The Morgan fingerprint density at radius 3 is 1.98 bits per heavy atom. The van der Waals surface area contributed by atoms with Crippen LogP contribution in [-0.2, 0) is 4.79 Å². The van der Waals surface area contributed by atoms with Crippen LogP contribution in [0, 0.1) is 11.3 Å². The van der Waals surface area contributed by atoms with Gasteiger partial charge in [0.15, 0.2) is 5.78 Å². The van der Waals surface area contributed by atoms with Crippen molar-refractivity contribution in [3.63, 3.8) is 0 Å². The van der Waals surface area contributed by atoms with Gasteiger partial charge in [0, 0.05) is 49.4 Å². The Morgan fingerprint density at radius 2 is 1.36 bits per heavy atom. The second-order valence-electron chi connectivity index (χ2n) is 12.3. The summed E-state index contributed by atoms with van der Waals surface area (Å²) in [6.45, 7) is 1.88. The van der Waals surface area contributed by atoms with E-state index in [4.69, 9.17) is 0 Å². The summed E-state index contributed by atoms with van der Waals surface area (Å²) in [6.07, 6.45) is 0.561. The number of nitrogens with one attached hydrogen (secondary N) is 3. The second kappa shape index (κ2) is 16.5. The molecular formula is C42H39N5O3. The molecule has 1 aliphatic heterocycles. The van der Waals surface area contributed by atoms with Crippen molar-refractivity contribution in [1.82, 2.24) is 20.9 Å². The van der Waals surface area contributed by atoms with Gasteiger partial charge in [-0.15, -0.1) is 0 Å². The van der Waals surface area contributed by atoms with E-state index in [0.29, 0.717) is 29.8 Å². The van der Waals surface area contributed by atoms with E-state index in [-0.39, 0.29) is 47.9 Å². The zero-order valence-corrected chi connectivity index (χ0v) is 27.7. The first-order valence-electron chi connectivity index (χ1n) is 16.8. The number of benzene rings is 5. The minimum absolute atomic E-state index is 0.0844. The van der Waals surface area contributed by atoms with E-state index in [0.717, 1.165) is 17.7 Å². The van der Waals surface area contributed by atoms with Crippen LogP contribution in [0.25, 0.3) is 0 Å². The first kappa shape index (κ1) is 34.0. The van der Waals surface area contributed by atoms with Crippen LogP contribution in [0.5, 0.6) is 0 Å². The molecule has 0 aromatic heterocycles. The number of amides is 2. The van der Waals surface area contributed by atoms with E-state index < -0.39 is 11.9 Å². The van der Waals surface area contributed by atoms with Gasteiger partial charge in [-0.05, 0) is 41.3 Å². The zero-order valence-electron chi connectivity index (χ0n) is 27.7. The number of rotatable bonds is 13. The summed E-state index contributed by atoms with van der Waals surface area (Å²) >= 11 is 0. The molecular weight excluding hydrogens is 622 g/mol. The van der Waals surface area contributed by atoms with Gasteiger partial charge in [0.1, 0.15) is 6.04 Å². The van der Waals surface area contributed by atoms with E-state index in [1.54, 1.807) is 77.7 Å². The second-order valence-corrected chi connectivity index (χ2v) is 12.3. The average Bonchev–Trinajstić information content (AvgIpc) is 3.71. The van der Waals surface area contributed by atoms with Crippen LogP contribution in [0.15, 0.2) is 140 Å². The molecule has 1 aliphatic rings. The van der Waals surface area contributed by atoms with Gasteiger partial charge in [-0.3, -0.25) is 14.4 Å². The Morgan fingerprint density at radius 1 is 0.760 bits per heavy atom. The van der Waals surface area contributed by atoms with Crippen LogP contribution in [0.3, 0.4) is 0 Å². The van der Waals surface area contributed by atoms with Crippen molar-refractivity contribution in [1.29, 1.82) is 5.26 Å². The number of nitrogens with zero attached hydrogens (tertiary/aromatic N) is 2. The van der Waals surface area contributed by atoms with E-state index in [1.165, 1.54) is 0 Å². The lowest BCUT2D eigenvalue weighted by Gasteiger charge is -2.33. The van der Waals surface area contributed by atoms with Gasteiger partial charge in [0.25, 0.3) is 5.91 Å². The maximum atomic E-state index is 14.9. The van der Waals surface area contributed by atoms with Gasteiger partial charge in [-0.1, -0.05) is 121 Å². The van der Waals surface area contributed by atoms with Gasteiger partial charge >= 0.3 is 0 Å². The van der Waals surface area contributed by atoms with Crippen LogP contribution in [0.1, 0.15) is 66.9 Å². The molecule has 2 unspecified atom stereocenters. The predicted octanol–water partition coefficient (Wildman–Crippen LogP) is 5.83. The molecule has 5 aromatic rings. The molecule has 8 nitrogen and oxygen atoms in total. The summed E-state index contributed by atoms with van der Waals surface area (Å²) in [5.74, 6) is -1.25.